The minimum Gasteiger partial charge on any atom is -0.508 e. The van der Waals surface area contributed by atoms with Crippen LogP contribution in [0.3, 0.4) is 0 Å². The van der Waals surface area contributed by atoms with Gasteiger partial charge in [0.05, 0.1) is 22.2 Å². The fraction of sp³-hybridized carbons (Fsp3) is 0.400. The molecule has 3 amide bonds. The molecule has 0 radical (unpaired) electrons. The fourth-order valence-electron chi connectivity index (χ4n) is 8.86. The molecule has 1 aliphatic heterocycles. The highest BCUT2D eigenvalue weighted by molar-refractivity contribution is 7.22. The predicted molar refractivity (Wildman–Crippen MR) is 277 cm³/mol. The summed E-state index contributed by atoms with van der Waals surface area (Å²) < 4.78 is 6.89. The van der Waals surface area contributed by atoms with Crippen LogP contribution in [0.1, 0.15) is 99.8 Å². The molecule has 70 heavy (non-hydrogen) atoms. The number of nitrogens with zero attached hydrogens (tertiary/aromatic N) is 3. The van der Waals surface area contributed by atoms with Crippen LogP contribution in [0.4, 0.5) is 0 Å². The second-order valence-electron chi connectivity index (χ2n) is 19.1. The van der Waals surface area contributed by atoms with Crippen LogP contribution in [0, 0.1) is 12.3 Å². The Morgan fingerprint density at radius 1 is 0.857 bits per heavy atom. The summed E-state index contributed by atoms with van der Waals surface area (Å²) in [5.74, 6) is -0.107. The summed E-state index contributed by atoms with van der Waals surface area (Å²) in [7, 11) is 0. The van der Waals surface area contributed by atoms with Gasteiger partial charge in [0.1, 0.15) is 35.9 Å². The zero-order chi connectivity index (χ0) is 50.0. The summed E-state index contributed by atoms with van der Waals surface area (Å²) in [6.45, 7) is 13.1. The molecular weight excluding hydrogens is 923 g/mol. The third-order valence-electron chi connectivity index (χ3n) is 12.9. The summed E-state index contributed by atoms with van der Waals surface area (Å²) >= 11 is 3.01. The van der Waals surface area contributed by atoms with E-state index < -0.39 is 23.6 Å². The molecule has 13 nitrogen and oxygen atoms in total. The van der Waals surface area contributed by atoms with Gasteiger partial charge in [0.2, 0.25) is 17.7 Å². The van der Waals surface area contributed by atoms with Gasteiger partial charge in [-0.3, -0.25) is 19.2 Å². The van der Waals surface area contributed by atoms with E-state index in [1.165, 1.54) is 16.2 Å². The van der Waals surface area contributed by atoms with Gasteiger partial charge in [-0.05, 0) is 122 Å². The van der Waals surface area contributed by atoms with Crippen molar-refractivity contribution in [1.82, 2.24) is 25.4 Å². The van der Waals surface area contributed by atoms with Crippen LogP contribution in [0.2, 0.25) is 0 Å². The van der Waals surface area contributed by atoms with E-state index in [1.54, 1.807) is 65.9 Å². The van der Waals surface area contributed by atoms with Crippen molar-refractivity contribution in [3.63, 3.8) is 0 Å². The number of hydrogen-bond acceptors (Lipinski definition) is 12. The van der Waals surface area contributed by atoms with Crippen LogP contribution in [-0.2, 0) is 20.9 Å². The highest BCUT2D eigenvalue weighted by atomic mass is 32.1. The maximum Gasteiger partial charge on any atom is 0.246 e. The van der Waals surface area contributed by atoms with E-state index in [0.29, 0.717) is 36.3 Å². The number of carbonyl (C=O) groups excluding carboxylic acids is 4. The van der Waals surface area contributed by atoms with Gasteiger partial charge in [0.15, 0.2) is 5.78 Å². The Balaban J connectivity index is 0.805. The smallest absolute Gasteiger partial charge is 0.246 e. The van der Waals surface area contributed by atoms with E-state index in [1.807, 2.05) is 69.6 Å². The second kappa shape index (κ2) is 23.7. The fourth-order valence-corrected chi connectivity index (χ4v) is 10.9. The van der Waals surface area contributed by atoms with Crippen LogP contribution in [-0.4, -0.2) is 105 Å². The molecule has 0 saturated carbocycles. The van der Waals surface area contributed by atoms with Crippen LogP contribution in [0.25, 0.3) is 31.0 Å². The second-order valence-corrected chi connectivity index (χ2v) is 21.0. The van der Waals surface area contributed by atoms with Gasteiger partial charge < -0.3 is 40.5 Å². The van der Waals surface area contributed by atoms with E-state index in [2.05, 4.69) is 27.4 Å². The summed E-state index contributed by atoms with van der Waals surface area (Å²) in [6, 6.07) is 25.2. The van der Waals surface area contributed by atoms with E-state index in [9.17, 15) is 34.5 Å². The van der Waals surface area contributed by atoms with Crippen molar-refractivity contribution in [1.29, 1.82) is 0 Å². The molecule has 0 aliphatic carbocycles. The topological polar surface area (TPSA) is 182 Å². The molecule has 15 heteroatoms. The van der Waals surface area contributed by atoms with E-state index in [0.717, 1.165) is 87.5 Å². The number of aromatic nitrogens is 1. The Bertz CT molecular complexity index is 2730. The first kappa shape index (κ1) is 51.7. The van der Waals surface area contributed by atoms with Crippen molar-refractivity contribution < 1.29 is 39.2 Å². The largest absolute Gasteiger partial charge is 0.508 e. The quantitative estimate of drug-likeness (QED) is 0.0325. The number of likely N-dealkylation sites (N-methyl/N-ethyl adjacent to an activating group) is 1. The molecule has 1 saturated heterocycles. The number of amides is 3. The molecule has 5 N–H and O–H groups in total. The number of unbranched alkanes of at least 4 members (excludes halogenated alkanes) is 4. The highest BCUT2D eigenvalue weighted by Gasteiger charge is 2.44. The minimum atomic E-state index is -0.863. The van der Waals surface area contributed by atoms with Gasteiger partial charge in [-0.2, -0.15) is 0 Å². The lowest BCUT2D eigenvalue weighted by atomic mass is 9.85. The number of aliphatic hydroxyl groups is 1. The molecule has 0 spiro atoms. The lowest BCUT2D eigenvalue weighted by molar-refractivity contribution is -0.144. The van der Waals surface area contributed by atoms with Crippen molar-refractivity contribution >= 4 is 56.3 Å². The highest BCUT2D eigenvalue weighted by Crippen LogP contribution is 2.42. The third kappa shape index (κ3) is 13.2. The van der Waals surface area contributed by atoms with E-state index >= 15 is 0 Å². The predicted octanol–water partition coefficient (Wildman–Crippen LogP) is 9.49. The maximum atomic E-state index is 14.1. The molecule has 4 aromatic carbocycles. The Morgan fingerprint density at radius 2 is 1.53 bits per heavy atom. The number of rotatable bonds is 22. The molecule has 3 atom stereocenters. The van der Waals surface area contributed by atoms with E-state index in [4.69, 9.17) is 4.74 Å². The zero-order valence-electron chi connectivity index (χ0n) is 40.7. The summed E-state index contributed by atoms with van der Waals surface area (Å²) in [4.78, 5) is 64.7. The van der Waals surface area contributed by atoms with Crippen LogP contribution in [0.5, 0.6) is 17.2 Å². The molecular formula is C55H65N5O8S2. The first-order chi connectivity index (χ1) is 33.6. The number of ether oxygens (including phenoxy) is 1. The first-order valence-electron chi connectivity index (χ1n) is 24.2. The average Bonchev–Trinajstić information content (AvgIpc) is 4.07. The summed E-state index contributed by atoms with van der Waals surface area (Å²) in [5, 5.41) is 37.3. The molecule has 6 aromatic rings. The number of aryl methyl sites for hydroxylation is 1. The standard InChI is InChI=1S/C55H65N5O8S2/c1-6-59(28-29-68-43-24-19-37(20-25-43)49(65)48-44-26-23-41(62)31-46(44)70-51(48)39-17-21-40(61)22-18-39)27-11-9-7-8-10-12-47(64)58-52(55(3,4)5)54(67)60-33-42(63)30-45(60)53(66)56-32-36-13-15-38(16-14-36)50-35(2)57-34-69-50/h13-26,31,34,42,45,52,61-63H,6-12,27-30,32-33H2,1-5H3,(H,56,66)(H,58,64)/t42?,45?,52-/m1/s1. The van der Waals surface area contributed by atoms with Gasteiger partial charge in [0.25, 0.3) is 0 Å². The van der Waals surface area contributed by atoms with Crippen molar-refractivity contribution in [2.75, 3.05) is 32.8 Å². The van der Waals surface area contributed by atoms with Crippen molar-refractivity contribution in [2.24, 2.45) is 5.41 Å². The molecule has 3 heterocycles. The number of ketones is 1. The van der Waals surface area contributed by atoms with Crippen molar-refractivity contribution in [2.45, 2.75) is 104 Å². The average molecular weight is 988 g/mol. The van der Waals surface area contributed by atoms with Gasteiger partial charge in [0, 0.05) is 58.6 Å². The third-order valence-corrected chi connectivity index (χ3v) is 15.0. The van der Waals surface area contributed by atoms with Gasteiger partial charge in [-0.25, -0.2) is 4.98 Å². The molecule has 0 bridgehead atoms. The molecule has 1 fully saturated rings. The number of likely N-dealkylation sites (tertiary alicyclic amines) is 1. The number of hydrogen-bond donors (Lipinski definition) is 5. The number of phenols is 2. The Morgan fingerprint density at radius 3 is 2.21 bits per heavy atom. The molecule has 1 aliphatic rings. The Hall–Kier alpha value is -6.13. The number of thiazole rings is 1. The van der Waals surface area contributed by atoms with Crippen LogP contribution in [0.15, 0.2) is 96.5 Å². The number of nitrogens with one attached hydrogen (secondary N) is 2. The summed E-state index contributed by atoms with van der Waals surface area (Å²) in [5.41, 5.74) is 6.02. The van der Waals surface area contributed by atoms with Gasteiger partial charge >= 0.3 is 0 Å². The number of carbonyl (C=O) groups is 4. The number of fused-ring (bicyclic) bond motifs is 1. The molecule has 370 valence electrons. The monoisotopic (exact) mass is 987 g/mol. The molecule has 7 rings (SSSR count). The van der Waals surface area contributed by atoms with Crippen molar-refractivity contribution in [3.05, 3.63) is 119 Å². The number of phenolic OH excluding ortho intramolecular Hbond substituents is 2. The first-order valence-corrected chi connectivity index (χ1v) is 25.9. The number of aromatic hydroxyl groups is 2. The number of thiophene rings is 1. The summed E-state index contributed by atoms with van der Waals surface area (Å²) in [6.07, 6.45) is 4.16. The number of β-amino-alcohol motifs (C(OH)–C–C–N with tert-alkyl or cyclic N) is 1. The lowest BCUT2D eigenvalue weighted by Gasteiger charge is -2.35. The number of aliphatic hydroxyl groups excluding tert-OH is 1. The zero-order valence-corrected chi connectivity index (χ0v) is 42.3. The van der Waals surface area contributed by atoms with Crippen molar-refractivity contribution in [3.8, 4) is 38.1 Å². The van der Waals surface area contributed by atoms with Gasteiger partial charge in [-0.15, -0.1) is 22.7 Å². The SMILES string of the molecule is CCN(CCCCCCCC(=O)N[C@H](C(=O)N1CC(O)CC1C(=O)NCc1ccc(-c2scnc2C)cc1)C(C)(C)C)CCOc1ccc(C(=O)c2c(-c3ccc(O)cc3)sc3cc(O)ccc23)cc1. The van der Waals surface area contributed by atoms with Gasteiger partial charge in [-0.1, -0.05) is 71.2 Å². The maximum absolute atomic E-state index is 14.1. The molecule has 2 unspecified atom stereocenters. The van der Waals surface area contributed by atoms with Crippen LogP contribution < -0.4 is 15.4 Å². The molecule has 2 aromatic heterocycles. The number of benzene rings is 4. The Kier molecular flexibility index (Phi) is 17.5. The normalized spacial score (nSPS) is 15.3. The lowest BCUT2D eigenvalue weighted by Crippen LogP contribution is -2.57. The Labute approximate surface area is 418 Å². The minimum absolute atomic E-state index is 0.0247. The van der Waals surface area contributed by atoms with E-state index in [-0.39, 0.29) is 54.5 Å². The van der Waals surface area contributed by atoms with Crippen LogP contribution >= 0.6 is 22.7 Å².